The summed E-state index contributed by atoms with van der Waals surface area (Å²) in [5.41, 5.74) is 2.71. The van der Waals surface area contributed by atoms with Crippen LogP contribution in [0.4, 0.5) is 10.1 Å². The minimum Gasteiger partial charge on any atom is -0.372 e. The third-order valence-electron chi connectivity index (χ3n) is 4.30. The molecule has 0 bridgehead atoms. The van der Waals surface area contributed by atoms with Gasteiger partial charge < -0.3 is 9.64 Å². The molecular weight excluding hydrogens is 267 g/mol. The van der Waals surface area contributed by atoms with Gasteiger partial charge in [-0.05, 0) is 44.5 Å². The molecule has 0 amide bonds. The highest BCUT2D eigenvalue weighted by Crippen LogP contribution is 2.31. The molecule has 1 saturated heterocycles. The van der Waals surface area contributed by atoms with Gasteiger partial charge in [-0.25, -0.2) is 4.39 Å². The summed E-state index contributed by atoms with van der Waals surface area (Å²) < 4.78 is 19.5. The Balaban J connectivity index is 2.08. The fourth-order valence-corrected chi connectivity index (χ4v) is 2.92. The molecule has 1 atom stereocenters. The van der Waals surface area contributed by atoms with Crippen LogP contribution >= 0.6 is 0 Å². The molecule has 0 saturated carbocycles. The van der Waals surface area contributed by atoms with Crippen molar-refractivity contribution in [1.82, 2.24) is 4.98 Å². The molecule has 0 N–H and O–H groups in total. The normalized spacial score (nSPS) is 22.8. The second kappa shape index (κ2) is 5.26. The van der Waals surface area contributed by atoms with Gasteiger partial charge in [0.05, 0.1) is 17.7 Å². The van der Waals surface area contributed by atoms with Crippen molar-refractivity contribution >= 4 is 16.6 Å². The molecule has 3 rings (SSSR count). The van der Waals surface area contributed by atoms with Gasteiger partial charge in [-0.2, -0.15) is 0 Å². The van der Waals surface area contributed by atoms with Gasteiger partial charge in [-0.3, -0.25) is 4.98 Å². The quantitative estimate of drug-likeness (QED) is 0.842. The average molecular weight is 288 g/mol. The van der Waals surface area contributed by atoms with Crippen LogP contribution in [-0.2, 0) is 4.74 Å². The number of halogens is 1. The van der Waals surface area contributed by atoms with E-state index in [2.05, 4.69) is 23.7 Å². The predicted molar refractivity (Wildman–Crippen MR) is 83.3 cm³/mol. The van der Waals surface area contributed by atoms with Crippen molar-refractivity contribution in [2.24, 2.45) is 0 Å². The first-order valence-corrected chi connectivity index (χ1v) is 7.46. The van der Waals surface area contributed by atoms with Crippen LogP contribution in [-0.4, -0.2) is 30.3 Å². The van der Waals surface area contributed by atoms with Crippen molar-refractivity contribution in [3.8, 4) is 0 Å². The van der Waals surface area contributed by atoms with E-state index in [0.29, 0.717) is 6.61 Å². The summed E-state index contributed by atoms with van der Waals surface area (Å²) in [6.07, 6.45) is 0.958. The van der Waals surface area contributed by atoms with E-state index in [1.807, 2.05) is 13.0 Å². The molecule has 0 radical (unpaired) electrons. The van der Waals surface area contributed by atoms with Crippen molar-refractivity contribution in [2.45, 2.75) is 32.8 Å². The largest absolute Gasteiger partial charge is 0.372 e. The summed E-state index contributed by atoms with van der Waals surface area (Å²) in [7, 11) is 0. The zero-order valence-corrected chi connectivity index (χ0v) is 12.8. The van der Waals surface area contributed by atoms with E-state index in [4.69, 9.17) is 4.74 Å². The molecule has 2 aromatic rings. The Bertz CT molecular complexity index is 673. The molecule has 1 aliphatic rings. The number of ether oxygens (including phenoxy) is 1. The maximum absolute atomic E-state index is 13.6. The molecule has 112 valence electrons. The van der Waals surface area contributed by atoms with Gasteiger partial charge in [0.15, 0.2) is 0 Å². The first-order valence-electron chi connectivity index (χ1n) is 7.46. The second-order valence-electron chi connectivity index (χ2n) is 6.02. The summed E-state index contributed by atoms with van der Waals surface area (Å²) in [5, 5.41) is 0.876. The van der Waals surface area contributed by atoms with E-state index in [0.717, 1.165) is 41.8 Å². The Labute approximate surface area is 124 Å². The Kier molecular flexibility index (Phi) is 3.57. The van der Waals surface area contributed by atoms with Gasteiger partial charge in [0.2, 0.25) is 0 Å². The van der Waals surface area contributed by atoms with Crippen LogP contribution in [0.2, 0.25) is 0 Å². The van der Waals surface area contributed by atoms with Crippen molar-refractivity contribution < 1.29 is 9.13 Å². The van der Waals surface area contributed by atoms with E-state index in [1.165, 1.54) is 6.07 Å². The topological polar surface area (TPSA) is 25.4 Å². The molecule has 0 spiro atoms. The molecule has 21 heavy (non-hydrogen) atoms. The van der Waals surface area contributed by atoms with E-state index >= 15 is 0 Å². The molecule has 1 aromatic heterocycles. The molecule has 2 heterocycles. The summed E-state index contributed by atoms with van der Waals surface area (Å²) in [4.78, 5) is 6.80. The minimum atomic E-state index is -0.221. The third-order valence-corrected chi connectivity index (χ3v) is 4.30. The number of pyridine rings is 1. The van der Waals surface area contributed by atoms with Gasteiger partial charge in [0.1, 0.15) is 5.82 Å². The predicted octanol–water partition coefficient (Wildman–Crippen LogP) is 3.69. The highest BCUT2D eigenvalue weighted by Gasteiger charge is 2.31. The van der Waals surface area contributed by atoms with Crippen LogP contribution in [0.5, 0.6) is 0 Å². The number of aromatic nitrogens is 1. The minimum absolute atomic E-state index is 0.144. The molecule has 4 heteroatoms. The van der Waals surface area contributed by atoms with Crippen molar-refractivity contribution in [3.05, 3.63) is 35.8 Å². The first-order chi connectivity index (χ1) is 10.0. The van der Waals surface area contributed by atoms with E-state index in [-0.39, 0.29) is 11.4 Å². The zero-order valence-electron chi connectivity index (χ0n) is 12.8. The van der Waals surface area contributed by atoms with Gasteiger partial charge in [-0.1, -0.05) is 6.92 Å². The Hall–Kier alpha value is -1.68. The van der Waals surface area contributed by atoms with Crippen LogP contribution < -0.4 is 4.90 Å². The molecule has 0 aliphatic carbocycles. The lowest BCUT2D eigenvalue weighted by Crippen LogP contribution is -2.50. The van der Waals surface area contributed by atoms with Gasteiger partial charge in [0.25, 0.3) is 0 Å². The van der Waals surface area contributed by atoms with Gasteiger partial charge in [-0.15, -0.1) is 0 Å². The number of benzene rings is 1. The highest BCUT2D eigenvalue weighted by atomic mass is 19.1. The fourth-order valence-electron chi connectivity index (χ4n) is 2.92. The number of fused-ring (bicyclic) bond motifs is 1. The number of hydrogen-bond acceptors (Lipinski definition) is 3. The van der Waals surface area contributed by atoms with Crippen LogP contribution in [0, 0.1) is 12.7 Å². The lowest BCUT2D eigenvalue weighted by atomic mass is 10.00. The molecule has 1 aromatic carbocycles. The molecule has 1 aliphatic heterocycles. The number of rotatable bonds is 2. The number of nitrogens with zero attached hydrogens (tertiary/aromatic N) is 2. The Morgan fingerprint density at radius 2 is 2.19 bits per heavy atom. The number of anilines is 1. The average Bonchev–Trinajstić information content (AvgIpc) is 2.47. The van der Waals surface area contributed by atoms with Gasteiger partial charge >= 0.3 is 0 Å². The third kappa shape index (κ3) is 2.72. The van der Waals surface area contributed by atoms with E-state index in [9.17, 15) is 4.39 Å². The molecule has 1 unspecified atom stereocenters. The lowest BCUT2D eigenvalue weighted by molar-refractivity contribution is -0.0440. The SMILES string of the molecule is CCC1(C)CN(c2cc(C)nc3ccc(F)cc23)CCO1. The Morgan fingerprint density at radius 1 is 1.38 bits per heavy atom. The fraction of sp³-hybridized carbons (Fsp3) is 0.471. The summed E-state index contributed by atoms with van der Waals surface area (Å²) >= 11 is 0. The van der Waals surface area contributed by atoms with Crippen LogP contribution in [0.1, 0.15) is 26.0 Å². The maximum Gasteiger partial charge on any atom is 0.124 e. The first kappa shape index (κ1) is 14.3. The standard InChI is InChI=1S/C17H21FN2O/c1-4-17(3)11-20(7-8-21-17)16-9-12(2)19-15-6-5-13(18)10-14(15)16/h5-6,9-10H,4,7-8,11H2,1-3H3. The lowest BCUT2D eigenvalue weighted by Gasteiger charge is -2.41. The van der Waals surface area contributed by atoms with E-state index in [1.54, 1.807) is 12.1 Å². The van der Waals surface area contributed by atoms with Gasteiger partial charge in [0, 0.05) is 29.9 Å². The monoisotopic (exact) mass is 288 g/mol. The molecule has 3 nitrogen and oxygen atoms in total. The number of aryl methyl sites for hydroxylation is 1. The zero-order chi connectivity index (χ0) is 15.0. The summed E-state index contributed by atoms with van der Waals surface area (Å²) in [6, 6.07) is 6.84. The Morgan fingerprint density at radius 3 is 2.95 bits per heavy atom. The number of hydrogen-bond donors (Lipinski definition) is 0. The van der Waals surface area contributed by atoms with Crippen molar-refractivity contribution in [1.29, 1.82) is 0 Å². The number of morpholine rings is 1. The smallest absolute Gasteiger partial charge is 0.124 e. The van der Waals surface area contributed by atoms with Crippen LogP contribution in [0.15, 0.2) is 24.3 Å². The molecule has 1 fully saturated rings. The highest BCUT2D eigenvalue weighted by molar-refractivity contribution is 5.92. The van der Waals surface area contributed by atoms with Crippen LogP contribution in [0.3, 0.4) is 0 Å². The van der Waals surface area contributed by atoms with E-state index < -0.39 is 0 Å². The second-order valence-corrected chi connectivity index (χ2v) is 6.02. The van der Waals surface area contributed by atoms with Crippen molar-refractivity contribution in [3.63, 3.8) is 0 Å². The summed E-state index contributed by atoms with van der Waals surface area (Å²) in [5.74, 6) is -0.221. The van der Waals surface area contributed by atoms with Crippen LogP contribution in [0.25, 0.3) is 10.9 Å². The summed E-state index contributed by atoms with van der Waals surface area (Å²) in [6.45, 7) is 8.59. The van der Waals surface area contributed by atoms with Crippen molar-refractivity contribution in [2.75, 3.05) is 24.6 Å². The molecular formula is C17H21FN2O. The maximum atomic E-state index is 13.6.